The number of hydrogen-bond acceptors (Lipinski definition) is 3. The Labute approximate surface area is 105 Å². The molecule has 1 heterocycles. The number of aryl methyl sites for hydroxylation is 1. The number of carbonyl (C=O) groups is 1. The highest BCUT2D eigenvalue weighted by Crippen LogP contribution is 2.16. The second-order valence-corrected chi connectivity index (χ2v) is 4.81. The van der Waals surface area contributed by atoms with Gasteiger partial charge in [0.25, 0.3) is 0 Å². The van der Waals surface area contributed by atoms with E-state index < -0.39 is 0 Å². The van der Waals surface area contributed by atoms with E-state index in [2.05, 4.69) is 23.0 Å². The van der Waals surface area contributed by atoms with Crippen LogP contribution in [0.5, 0.6) is 0 Å². The number of rotatable bonds is 4. The van der Waals surface area contributed by atoms with Crippen LogP contribution in [0.1, 0.15) is 28.4 Å². The van der Waals surface area contributed by atoms with Crippen LogP contribution in [-0.2, 0) is 6.54 Å². The van der Waals surface area contributed by atoms with Gasteiger partial charge in [0, 0.05) is 17.8 Å². The van der Waals surface area contributed by atoms with Crippen LogP contribution in [0.4, 0.5) is 5.69 Å². The Kier molecular flexibility index (Phi) is 3.59. The molecule has 1 aromatic carbocycles. The van der Waals surface area contributed by atoms with Gasteiger partial charge in [0.2, 0.25) is 0 Å². The Morgan fingerprint density at radius 3 is 2.47 bits per heavy atom. The van der Waals surface area contributed by atoms with Crippen LogP contribution in [0.15, 0.2) is 35.0 Å². The number of benzene rings is 1. The van der Waals surface area contributed by atoms with Gasteiger partial charge in [0.15, 0.2) is 5.78 Å². The molecule has 3 heteroatoms. The van der Waals surface area contributed by atoms with E-state index in [1.807, 2.05) is 24.3 Å². The third kappa shape index (κ3) is 2.94. The maximum Gasteiger partial charge on any atom is 0.159 e. The fourth-order valence-electron chi connectivity index (χ4n) is 1.59. The monoisotopic (exact) mass is 245 g/mol. The molecule has 0 atom stereocenters. The molecule has 0 saturated heterocycles. The van der Waals surface area contributed by atoms with E-state index in [1.165, 1.54) is 11.1 Å². The van der Waals surface area contributed by atoms with Gasteiger partial charge in [0.05, 0.1) is 0 Å². The molecule has 0 aliphatic rings. The zero-order valence-electron chi connectivity index (χ0n) is 9.99. The van der Waals surface area contributed by atoms with E-state index >= 15 is 0 Å². The maximum absolute atomic E-state index is 11.1. The summed E-state index contributed by atoms with van der Waals surface area (Å²) in [5.74, 6) is 0.102. The normalized spacial score (nSPS) is 10.2. The third-order valence-corrected chi connectivity index (χ3v) is 3.65. The molecule has 0 bridgehead atoms. The van der Waals surface area contributed by atoms with Crippen LogP contribution in [0.2, 0.25) is 0 Å². The molecular weight excluding hydrogens is 230 g/mol. The smallest absolute Gasteiger partial charge is 0.159 e. The van der Waals surface area contributed by atoms with Crippen molar-refractivity contribution in [1.82, 2.24) is 0 Å². The number of nitrogens with one attached hydrogen (secondary N) is 1. The summed E-state index contributed by atoms with van der Waals surface area (Å²) in [7, 11) is 0. The van der Waals surface area contributed by atoms with Crippen LogP contribution >= 0.6 is 11.3 Å². The molecule has 2 nitrogen and oxygen atoms in total. The molecule has 1 aromatic heterocycles. The van der Waals surface area contributed by atoms with E-state index in [9.17, 15) is 4.79 Å². The zero-order chi connectivity index (χ0) is 12.3. The first-order chi connectivity index (χ1) is 8.16. The lowest BCUT2D eigenvalue weighted by molar-refractivity contribution is 0.101. The highest BCUT2D eigenvalue weighted by atomic mass is 32.1. The van der Waals surface area contributed by atoms with Gasteiger partial charge in [-0.1, -0.05) is 0 Å². The van der Waals surface area contributed by atoms with Gasteiger partial charge in [-0.25, -0.2) is 0 Å². The predicted octanol–water partition coefficient (Wildman–Crippen LogP) is 3.87. The van der Waals surface area contributed by atoms with Crippen molar-refractivity contribution < 1.29 is 4.79 Å². The minimum Gasteiger partial charge on any atom is -0.381 e. The number of hydrogen-bond donors (Lipinski definition) is 1. The van der Waals surface area contributed by atoms with E-state index in [1.54, 1.807) is 18.3 Å². The van der Waals surface area contributed by atoms with Crippen LogP contribution in [0, 0.1) is 6.92 Å². The molecule has 0 aliphatic carbocycles. The summed E-state index contributed by atoms with van der Waals surface area (Å²) in [4.78, 5) is 11.1. The number of Topliss-reactive ketones (excluding diaryl/α,β-unsaturated/α-hetero) is 1. The van der Waals surface area contributed by atoms with Crippen molar-refractivity contribution in [2.45, 2.75) is 20.4 Å². The first-order valence-corrected chi connectivity index (χ1v) is 6.47. The summed E-state index contributed by atoms with van der Waals surface area (Å²) < 4.78 is 0. The van der Waals surface area contributed by atoms with Crippen LogP contribution in [0.25, 0.3) is 0 Å². The van der Waals surface area contributed by atoms with Crippen molar-refractivity contribution >= 4 is 22.8 Å². The van der Waals surface area contributed by atoms with Crippen molar-refractivity contribution in [2.75, 3.05) is 5.32 Å². The minimum absolute atomic E-state index is 0.102. The highest BCUT2D eigenvalue weighted by Gasteiger charge is 2.01. The summed E-state index contributed by atoms with van der Waals surface area (Å²) in [5.41, 5.74) is 4.44. The quantitative estimate of drug-likeness (QED) is 0.828. The molecule has 17 heavy (non-hydrogen) atoms. The Bertz CT molecular complexity index is 513. The van der Waals surface area contributed by atoms with Gasteiger partial charge in [-0.15, -0.1) is 0 Å². The van der Waals surface area contributed by atoms with Gasteiger partial charge in [-0.3, -0.25) is 4.79 Å². The largest absolute Gasteiger partial charge is 0.381 e. The van der Waals surface area contributed by atoms with E-state index in [4.69, 9.17) is 0 Å². The Morgan fingerprint density at radius 1 is 1.24 bits per heavy atom. The predicted molar refractivity (Wildman–Crippen MR) is 72.8 cm³/mol. The standard InChI is InChI=1S/C14H15NOS/c1-10-8-17-9-13(10)7-15-14-5-3-12(4-6-14)11(2)16/h3-6,8-9,15H,7H2,1-2H3. The van der Waals surface area contributed by atoms with Gasteiger partial charge in [0.1, 0.15) is 0 Å². The number of carbonyl (C=O) groups excluding carboxylic acids is 1. The van der Waals surface area contributed by atoms with Crippen molar-refractivity contribution in [3.8, 4) is 0 Å². The maximum atomic E-state index is 11.1. The molecule has 0 fully saturated rings. The summed E-state index contributed by atoms with van der Waals surface area (Å²) in [6, 6.07) is 7.59. The van der Waals surface area contributed by atoms with Crippen LogP contribution in [-0.4, -0.2) is 5.78 Å². The Balaban J connectivity index is 2.00. The summed E-state index contributed by atoms with van der Waals surface area (Å²) in [6.07, 6.45) is 0. The average molecular weight is 245 g/mol. The highest BCUT2D eigenvalue weighted by molar-refractivity contribution is 7.08. The SMILES string of the molecule is CC(=O)c1ccc(NCc2cscc2C)cc1. The minimum atomic E-state index is 0.102. The van der Waals surface area contributed by atoms with Crippen molar-refractivity contribution in [2.24, 2.45) is 0 Å². The molecule has 88 valence electrons. The lowest BCUT2D eigenvalue weighted by Gasteiger charge is -2.06. The van der Waals surface area contributed by atoms with Crippen molar-refractivity contribution in [1.29, 1.82) is 0 Å². The number of thiophene rings is 1. The van der Waals surface area contributed by atoms with Crippen LogP contribution < -0.4 is 5.32 Å². The lowest BCUT2D eigenvalue weighted by atomic mass is 10.1. The molecule has 0 saturated carbocycles. The summed E-state index contributed by atoms with van der Waals surface area (Å²) in [6.45, 7) is 4.53. The van der Waals surface area contributed by atoms with Crippen molar-refractivity contribution in [3.05, 3.63) is 51.7 Å². The van der Waals surface area contributed by atoms with E-state index in [0.29, 0.717) is 0 Å². The first-order valence-electron chi connectivity index (χ1n) is 5.53. The fraction of sp³-hybridized carbons (Fsp3) is 0.214. The van der Waals surface area contributed by atoms with Gasteiger partial charge >= 0.3 is 0 Å². The summed E-state index contributed by atoms with van der Waals surface area (Å²) in [5, 5.41) is 7.66. The van der Waals surface area contributed by atoms with Gasteiger partial charge in [-0.2, -0.15) is 11.3 Å². The Hall–Kier alpha value is -1.61. The second kappa shape index (κ2) is 5.15. The molecular formula is C14H15NOS. The van der Waals surface area contributed by atoms with Gasteiger partial charge < -0.3 is 5.32 Å². The van der Waals surface area contributed by atoms with E-state index in [0.717, 1.165) is 17.8 Å². The molecule has 2 rings (SSSR count). The Morgan fingerprint density at radius 2 is 1.94 bits per heavy atom. The molecule has 0 radical (unpaired) electrons. The number of anilines is 1. The molecule has 2 aromatic rings. The van der Waals surface area contributed by atoms with Crippen molar-refractivity contribution in [3.63, 3.8) is 0 Å². The fourth-order valence-corrected chi connectivity index (χ4v) is 2.45. The second-order valence-electron chi connectivity index (χ2n) is 4.07. The summed E-state index contributed by atoms with van der Waals surface area (Å²) >= 11 is 1.72. The van der Waals surface area contributed by atoms with Gasteiger partial charge in [-0.05, 0) is 60.0 Å². The molecule has 0 amide bonds. The first kappa shape index (κ1) is 11.9. The average Bonchev–Trinajstić information content (AvgIpc) is 2.73. The molecule has 1 N–H and O–H groups in total. The lowest BCUT2D eigenvalue weighted by Crippen LogP contribution is -2.00. The van der Waals surface area contributed by atoms with Crippen LogP contribution in [0.3, 0.4) is 0 Å². The topological polar surface area (TPSA) is 29.1 Å². The molecule has 0 unspecified atom stereocenters. The zero-order valence-corrected chi connectivity index (χ0v) is 10.8. The third-order valence-electron chi connectivity index (χ3n) is 2.74. The van der Waals surface area contributed by atoms with E-state index in [-0.39, 0.29) is 5.78 Å². The molecule has 0 aliphatic heterocycles. The number of ketones is 1. The molecule has 0 spiro atoms.